The Morgan fingerprint density at radius 1 is 1.25 bits per heavy atom. The van der Waals surface area contributed by atoms with Gasteiger partial charge in [-0.3, -0.25) is 4.79 Å². The minimum atomic E-state index is 0.00445. The Labute approximate surface area is 125 Å². The second kappa shape index (κ2) is 8.02. The molecule has 3 heteroatoms. The van der Waals surface area contributed by atoms with Crippen molar-refractivity contribution in [2.45, 2.75) is 78.7 Å². The van der Waals surface area contributed by atoms with E-state index in [0.29, 0.717) is 18.0 Å². The van der Waals surface area contributed by atoms with Crippen LogP contribution in [0.15, 0.2) is 0 Å². The van der Waals surface area contributed by atoms with Gasteiger partial charge in [0.05, 0.1) is 5.92 Å². The van der Waals surface area contributed by atoms with Crippen molar-refractivity contribution in [3.05, 3.63) is 0 Å². The van der Waals surface area contributed by atoms with Crippen molar-refractivity contribution in [2.75, 3.05) is 6.54 Å². The van der Waals surface area contributed by atoms with Crippen LogP contribution < -0.4 is 11.1 Å². The van der Waals surface area contributed by atoms with Crippen molar-refractivity contribution in [3.63, 3.8) is 0 Å². The molecule has 0 radical (unpaired) electrons. The number of carbonyl (C=O) groups excluding carboxylic acids is 1. The molecule has 0 bridgehead atoms. The fraction of sp³-hybridized carbons (Fsp3) is 0.941. The van der Waals surface area contributed by atoms with E-state index in [2.05, 4.69) is 33.0 Å². The second-order valence-electron chi connectivity index (χ2n) is 7.12. The van der Waals surface area contributed by atoms with E-state index in [9.17, 15) is 4.79 Å². The summed E-state index contributed by atoms with van der Waals surface area (Å²) < 4.78 is 0. The van der Waals surface area contributed by atoms with E-state index in [-0.39, 0.29) is 11.8 Å². The van der Waals surface area contributed by atoms with Gasteiger partial charge in [0.1, 0.15) is 0 Å². The summed E-state index contributed by atoms with van der Waals surface area (Å²) in [4.78, 5) is 12.2. The van der Waals surface area contributed by atoms with Gasteiger partial charge in [-0.2, -0.15) is 0 Å². The number of hydrogen-bond acceptors (Lipinski definition) is 2. The normalized spacial score (nSPS) is 25.2. The third-order valence-electron chi connectivity index (χ3n) is 5.38. The molecule has 1 saturated carbocycles. The Morgan fingerprint density at radius 2 is 1.85 bits per heavy atom. The van der Waals surface area contributed by atoms with Crippen molar-refractivity contribution in [1.29, 1.82) is 0 Å². The van der Waals surface area contributed by atoms with Crippen molar-refractivity contribution in [3.8, 4) is 0 Å². The monoisotopic (exact) mass is 282 g/mol. The third-order valence-corrected chi connectivity index (χ3v) is 5.38. The van der Waals surface area contributed by atoms with Crippen LogP contribution >= 0.6 is 0 Å². The zero-order valence-electron chi connectivity index (χ0n) is 13.9. The van der Waals surface area contributed by atoms with E-state index in [0.717, 1.165) is 31.6 Å². The van der Waals surface area contributed by atoms with Crippen LogP contribution in [-0.4, -0.2) is 18.5 Å². The summed E-state index contributed by atoms with van der Waals surface area (Å²) in [6, 6.07) is 0.373. The quantitative estimate of drug-likeness (QED) is 0.751. The van der Waals surface area contributed by atoms with E-state index in [1.54, 1.807) is 0 Å². The van der Waals surface area contributed by atoms with E-state index < -0.39 is 0 Å². The maximum atomic E-state index is 12.2. The first kappa shape index (κ1) is 17.5. The fourth-order valence-electron chi connectivity index (χ4n) is 3.33. The topological polar surface area (TPSA) is 55.1 Å². The highest BCUT2D eigenvalue weighted by Crippen LogP contribution is 2.40. The molecular formula is C17H34N2O. The molecule has 118 valence electrons. The lowest BCUT2D eigenvalue weighted by atomic mass is 9.69. The smallest absolute Gasteiger partial charge is 0.224 e. The molecule has 0 aliphatic heterocycles. The van der Waals surface area contributed by atoms with Crippen LogP contribution in [-0.2, 0) is 4.79 Å². The molecule has 0 aromatic carbocycles. The van der Waals surface area contributed by atoms with Gasteiger partial charge in [0.15, 0.2) is 0 Å². The molecule has 0 heterocycles. The van der Waals surface area contributed by atoms with E-state index in [4.69, 9.17) is 5.73 Å². The molecule has 0 spiro atoms. The second-order valence-corrected chi connectivity index (χ2v) is 7.12. The average Bonchev–Trinajstić information content (AvgIpc) is 2.45. The van der Waals surface area contributed by atoms with Gasteiger partial charge < -0.3 is 11.1 Å². The van der Waals surface area contributed by atoms with Crippen LogP contribution in [0.3, 0.4) is 0 Å². The van der Waals surface area contributed by atoms with E-state index in [1.165, 1.54) is 19.3 Å². The van der Waals surface area contributed by atoms with Gasteiger partial charge in [0, 0.05) is 12.6 Å². The van der Waals surface area contributed by atoms with Crippen LogP contribution in [0.1, 0.15) is 72.6 Å². The summed E-state index contributed by atoms with van der Waals surface area (Å²) >= 11 is 0. The Balaban J connectivity index is 2.40. The first-order chi connectivity index (χ1) is 9.44. The average molecular weight is 282 g/mol. The SMILES string of the molecule is CCCC(CN)C(=O)NC1CCC(C(C)(C)CC)CC1. The summed E-state index contributed by atoms with van der Waals surface area (Å²) in [5.74, 6) is 0.985. The first-order valence-electron chi connectivity index (χ1n) is 8.45. The highest BCUT2D eigenvalue weighted by molar-refractivity contribution is 5.79. The minimum Gasteiger partial charge on any atom is -0.353 e. The number of amides is 1. The molecule has 20 heavy (non-hydrogen) atoms. The van der Waals surface area contributed by atoms with Gasteiger partial charge in [0.25, 0.3) is 0 Å². The zero-order chi connectivity index (χ0) is 15.2. The Kier molecular flexibility index (Phi) is 7.01. The summed E-state index contributed by atoms with van der Waals surface area (Å²) in [6.45, 7) is 9.61. The van der Waals surface area contributed by atoms with Gasteiger partial charge in [0.2, 0.25) is 5.91 Å². The first-order valence-corrected chi connectivity index (χ1v) is 8.45. The molecule has 0 aromatic heterocycles. The van der Waals surface area contributed by atoms with Crippen LogP contribution in [0.5, 0.6) is 0 Å². The summed E-state index contributed by atoms with van der Waals surface area (Å²) in [5, 5.41) is 3.23. The Bertz CT molecular complexity index is 293. The van der Waals surface area contributed by atoms with Crippen molar-refractivity contribution in [2.24, 2.45) is 23.0 Å². The molecule has 3 N–H and O–H groups in total. The number of carbonyl (C=O) groups is 1. The largest absolute Gasteiger partial charge is 0.353 e. The Hall–Kier alpha value is -0.570. The molecule has 0 aromatic rings. The molecular weight excluding hydrogens is 248 g/mol. The zero-order valence-corrected chi connectivity index (χ0v) is 13.9. The van der Waals surface area contributed by atoms with Gasteiger partial charge >= 0.3 is 0 Å². The van der Waals surface area contributed by atoms with Crippen molar-refractivity contribution >= 4 is 5.91 Å². The maximum absolute atomic E-state index is 12.2. The molecule has 0 saturated heterocycles. The fourth-order valence-corrected chi connectivity index (χ4v) is 3.33. The standard InChI is InChI=1S/C17H34N2O/c1-5-7-13(12-18)16(20)19-15-10-8-14(9-11-15)17(3,4)6-2/h13-15H,5-12,18H2,1-4H3,(H,19,20). The van der Waals surface area contributed by atoms with Crippen molar-refractivity contribution in [1.82, 2.24) is 5.32 Å². The lowest BCUT2D eigenvalue weighted by Gasteiger charge is -2.39. The summed E-state index contributed by atoms with van der Waals surface area (Å²) in [7, 11) is 0. The lowest BCUT2D eigenvalue weighted by molar-refractivity contribution is -0.126. The number of nitrogens with two attached hydrogens (primary N) is 1. The Morgan fingerprint density at radius 3 is 2.30 bits per heavy atom. The third kappa shape index (κ3) is 4.76. The predicted octanol–water partition coefficient (Wildman–Crippen LogP) is 3.47. The minimum absolute atomic E-state index is 0.00445. The van der Waals surface area contributed by atoms with Crippen LogP contribution in [0.25, 0.3) is 0 Å². The molecule has 1 unspecified atom stereocenters. The molecule has 3 nitrogen and oxygen atoms in total. The molecule has 1 aliphatic carbocycles. The summed E-state index contributed by atoms with van der Waals surface area (Å²) in [6.07, 6.45) is 7.90. The molecule has 1 rings (SSSR count). The van der Waals surface area contributed by atoms with Gasteiger partial charge in [-0.15, -0.1) is 0 Å². The molecule has 1 atom stereocenters. The van der Waals surface area contributed by atoms with Crippen LogP contribution in [0, 0.1) is 17.3 Å². The lowest BCUT2D eigenvalue weighted by Crippen LogP contribution is -2.44. The van der Waals surface area contributed by atoms with E-state index in [1.807, 2.05) is 0 Å². The molecule has 1 amide bonds. The molecule has 1 fully saturated rings. The molecule has 1 aliphatic rings. The van der Waals surface area contributed by atoms with E-state index >= 15 is 0 Å². The van der Waals surface area contributed by atoms with Gasteiger partial charge in [-0.25, -0.2) is 0 Å². The number of rotatable bonds is 7. The van der Waals surface area contributed by atoms with Crippen LogP contribution in [0.4, 0.5) is 0 Å². The number of hydrogen-bond donors (Lipinski definition) is 2. The van der Waals surface area contributed by atoms with Crippen LogP contribution in [0.2, 0.25) is 0 Å². The highest BCUT2D eigenvalue weighted by Gasteiger charge is 2.32. The van der Waals surface area contributed by atoms with Gasteiger partial charge in [-0.05, 0) is 43.4 Å². The van der Waals surface area contributed by atoms with Crippen molar-refractivity contribution < 1.29 is 4.79 Å². The number of nitrogens with one attached hydrogen (secondary N) is 1. The highest BCUT2D eigenvalue weighted by atomic mass is 16.1. The summed E-state index contributed by atoms with van der Waals surface area (Å²) in [5.41, 5.74) is 6.14. The predicted molar refractivity (Wildman–Crippen MR) is 85.4 cm³/mol. The van der Waals surface area contributed by atoms with Gasteiger partial charge in [-0.1, -0.05) is 40.5 Å². The maximum Gasteiger partial charge on any atom is 0.224 e.